The van der Waals surface area contributed by atoms with E-state index in [1.165, 1.54) is 0 Å². The van der Waals surface area contributed by atoms with Gasteiger partial charge in [-0.05, 0) is 60.5 Å². The zero-order chi connectivity index (χ0) is 23.2. The number of ether oxygens (including phenoxy) is 1. The lowest BCUT2D eigenvalue weighted by molar-refractivity contribution is -0.117. The lowest BCUT2D eigenvalue weighted by Crippen LogP contribution is -2.26. The quantitative estimate of drug-likeness (QED) is 0.578. The molecule has 0 aliphatic carbocycles. The van der Waals surface area contributed by atoms with Gasteiger partial charge in [-0.1, -0.05) is 24.3 Å². The second-order valence-electron chi connectivity index (χ2n) is 7.73. The number of rotatable bonds is 7. The molecule has 7 nitrogen and oxygen atoms in total. The zero-order valence-corrected chi connectivity index (χ0v) is 18.3. The number of para-hydroxylation sites is 1. The summed E-state index contributed by atoms with van der Waals surface area (Å²) in [5, 5.41) is 5.71. The maximum atomic E-state index is 12.9. The number of amides is 3. The number of carbonyl (C=O) groups is 3. The maximum Gasteiger partial charge on any atom is 0.255 e. The Hall–Kier alpha value is -4.13. The zero-order valence-electron chi connectivity index (χ0n) is 18.3. The van der Waals surface area contributed by atoms with E-state index in [2.05, 4.69) is 10.6 Å². The second-order valence-corrected chi connectivity index (χ2v) is 7.73. The highest BCUT2D eigenvalue weighted by Gasteiger charge is 2.21. The Morgan fingerprint density at radius 2 is 1.76 bits per heavy atom. The molecule has 0 atom stereocenters. The molecular weight excluding hydrogens is 418 g/mol. The fourth-order valence-corrected chi connectivity index (χ4v) is 3.76. The Labute approximate surface area is 192 Å². The summed E-state index contributed by atoms with van der Waals surface area (Å²) in [6.07, 6.45) is 1.43. The Balaban J connectivity index is 1.43. The highest BCUT2D eigenvalue weighted by atomic mass is 16.5. The third-order valence-electron chi connectivity index (χ3n) is 5.52. The van der Waals surface area contributed by atoms with Gasteiger partial charge in [-0.3, -0.25) is 14.4 Å². The van der Waals surface area contributed by atoms with Crippen molar-refractivity contribution in [3.63, 3.8) is 0 Å². The average molecular weight is 444 g/mol. The summed E-state index contributed by atoms with van der Waals surface area (Å²) in [4.78, 5) is 39.3. The summed E-state index contributed by atoms with van der Waals surface area (Å²) in [6.45, 7) is 1.02. The highest BCUT2D eigenvalue weighted by Crippen LogP contribution is 2.23. The highest BCUT2D eigenvalue weighted by molar-refractivity contribution is 6.09. The van der Waals surface area contributed by atoms with Crippen LogP contribution < -0.4 is 20.3 Å². The first kappa shape index (κ1) is 22.1. The number of hydrogen-bond acceptors (Lipinski definition) is 4. The van der Waals surface area contributed by atoms with Crippen LogP contribution in [0.1, 0.15) is 39.1 Å². The summed E-state index contributed by atoms with van der Waals surface area (Å²) in [6, 6.07) is 21.2. The number of nitrogens with zero attached hydrogens (tertiary/aromatic N) is 1. The normalized spacial score (nSPS) is 13.0. The number of carbonyl (C=O) groups excluding carboxylic acids is 3. The molecule has 3 aromatic rings. The standard InChI is InChI=1S/C26H25N3O4/c1-33-21-13-11-19(12-14-21)25(31)28-23-9-3-2-8-22(23)26(32)27-17-18-6-4-7-20(16-18)29-15-5-10-24(29)30/h2-4,6-9,11-14,16H,5,10,15,17H2,1H3,(H,27,32)(H,28,31). The Morgan fingerprint density at radius 1 is 0.970 bits per heavy atom. The molecule has 33 heavy (non-hydrogen) atoms. The van der Waals surface area contributed by atoms with E-state index in [0.717, 1.165) is 24.2 Å². The molecule has 3 amide bonds. The van der Waals surface area contributed by atoms with Crippen molar-refractivity contribution in [2.24, 2.45) is 0 Å². The Kier molecular flexibility index (Phi) is 6.69. The molecule has 3 aromatic carbocycles. The van der Waals surface area contributed by atoms with E-state index in [1.54, 1.807) is 60.5 Å². The lowest BCUT2D eigenvalue weighted by Gasteiger charge is -2.17. The molecule has 1 heterocycles. The van der Waals surface area contributed by atoms with Gasteiger partial charge in [0.1, 0.15) is 5.75 Å². The predicted octanol–water partition coefficient (Wildman–Crippen LogP) is 4.00. The second kappa shape index (κ2) is 9.99. The number of methoxy groups -OCH3 is 1. The molecule has 0 unspecified atom stereocenters. The van der Waals surface area contributed by atoms with E-state index in [1.807, 2.05) is 24.3 Å². The molecule has 1 saturated heterocycles. The van der Waals surface area contributed by atoms with Gasteiger partial charge in [0.15, 0.2) is 0 Å². The Morgan fingerprint density at radius 3 is 2.48 bits per heavy atom. The van der Waals surface area contributed by atoms with Crippen molar-refractivity contribution in [1.29, 1.82) is 0 Å². The molecular formula is C26H25N3O4. The van der Waals surface area contributed by atoms with E-state index in [9.17, 15) is 14.4 Å². The third kappa shape index (κ3) is 5.20. The minimum absolute atomic E-state index is 0.123. The Bertz CT molecular complexity index is 1170. The van der Waals surface area contributed by atoms with Crippen LogP contribution >= 0.6 is 0 Å². The van der Waals surface area contributed by atoms with Gasteiger partial charge in [0.2, 0.25) is 5.91 Å². The number of hydrogen-bond donors (Lipinski definition) is 2. The summed E-state index contributed by atoms with van der Waals surface area (Å²) in [5.41, 5.74) is 2.98. The maximum absolute atomic E-state index is 12.9. The van der Waals surface area contributed by atoms with Crippen LogP contribution in [-0.4, -0.2) is 31.4 Å². The van der Waals surface area contributed by atoms with E-state index >= 15 is 0 Å². The molecule has 0 bridgehead atoms. The molecule has 7 heteroatoms. The van der Waals surface area contributed by atoms with Gasteiger partial charge in [0.05, 0.1) is 18.4 Å². The first-order chi connectivity index (χ1) is 16.0. The van der Waals surface area contributed by atoms with Crippen molar-refractivity contribution in [3.8, 4) is 5.75 Å². The molecule has 1 aliphatic heterocycles. The van der Waals surface area contributed by atoms with E-state index < -0.39 is 0 Å². The van der Waals surface area contributed by atoms with Gasteiger partial charge in [-0.15, -0.1) is 0 Å². The molecule has 168 valence electrons. The van der Waals surface area contributed by atoms with Crippen molar-refractivity contribution in [1.82, 2.24) is 5.32 Å². The van der Waals surface area contributed by atoms with Crippen LogP contribution in [0.4, 0.5) is 11.4 Å². The number of benzene rings is 3. The number of anilines is 2. The smallest absolute Gasteiger partial charge is 0.255 e. The van der Waals surface area contributed by atoms with Crippen LogP contribution in [0.2, 0.25) is 0 Å². The minimum Gasteiger partial charge on any atom is -0.497 e. The van der Waals surface area contributed by atoms with Crippen LogP contribution in [0, 0.1) is 0 Å². The summed E-state index contributed by atoms with van der Waals surface area (Å²) in [5.74, 6) is 0.159. The SMILES string of the molecule is COc1ccc(C(=O)Nc2ccccc2C(=O)NCc2cccc(N3CCCC3=O)c2)cc1. The van der Waals surface area contributed by atoms with Gasteiger partial charge >= 0.3 is 0 Å². The molecule has 0 saturated carbocycles. The first-order valence-corrected chi connectivity index (χ1v) is 10.8. The van der Waals surface area contributed by atoms with Crippen molar-refractivity contribution >= 4 is 29.1 Å². The topological polar surface area (TPSA) is 87.7 Å². The van der Waals surface area contributed by atoms with E-state index in [-0.39, 0.29) is 17.7 Å². The molecule has 2 N–H and O–H groups in total. The van der Waals surface area contributed by atoms with Crippen molar-refractivity contribution in [3.05, 3.63) is 89.5 Å². The summed E-state index contributed by atoms with van der Waals surface area (Å²) >= 11 is 0. The average Bonchev–Trinajstić information content (AvgIpc) is 3.29. The van der Waals surface area contributed by atoms with Crippen LogP contribution in [0.15, 0.2) is 72.8 Å². The first-order valence-electron chi connectivity index (χ1n) is 10.8. The van der Waals surface area contributed by atoms with Crippen molar-refractivity contribution in [2.75, 3.05) is 23.9 Å². The van der Waals surface area contributed by atoms with Crippen LogP contribution in [0.25, 0.3) is 0 Å². The molecule has 0 spiro atoms. The summed E-state index contributed by atoms with van der Waals surface area (Å²) in [7, 11) is 1.56. The van der Waals surface area contributed by atoms with Gasteiger partial charge < -0.3 is 20.3 Å². The monoisotopic (exact) mass is 443 g/mol. The molecule has 4 rings (SSSR count). The third-order valence-corrected chi connectivity index (χ3v) is 5.52. The largest absolute Gasteiger partial charge is 0.497 e. The summed E-state index contributed by atoms with van der Waals surface area (Å²) < 4.78 is 5.12. The van der Waals surface area contributed by atoms with Crippen LogP contribution in [0.5, 0.6) is 5.75 Å². The fraction of sp³-hybridized carbons (Fsp3) is 0.192. The van der Waals surface area contributed by atoms with E-state index in [4.69, 9.17) is 4.74 Å². The predicted molar refractivity (Wildman–Crippen MR) is 127 cm³/mol. The minimum atomic E-state index is -0.319. The van der Waals surface area contributed by atoms with Gasteiger partial charge in [0, 0.05) is 30.8 Å². The molecule has 1 aliphatic rings. The molecule has 1 fully saturated rings. The van der Waals surface area contributed by atoms with Gasteiger partial charge in [-0.2, -0.15) is 0 Å². The number of nitrogens with one attached hydrogen (secondary N) is 2. The lowest BCUT2D eigenvalue weighted by atomic mass is 10.1. The van der Waals surface area contributed by atoms with Gasteiger partial charge in [0.25, 0.3) is 11.8 Å². The van der Waals surface area contributed by atoms with E-state index in [0.29, 0.717) is 35.5 Å². The fourth-order valence-electron chi connectivity index (χ4n) is 3.76. The van der Waals surface area contributed by atoms with Crippen LogP contribution in [0.3, 0.4) is 0 Å². The van der Waals surface area contributed by atoms with Gasteiger partial charge in [-0.25, -0.2) is 0 Å². The van der Waals surface area contributed by atoms with Crippen molar-refractivity contribution < 1.29 is 19.1 Å². The molecule has 0 aromatic heterocycles. The molecule has 0 radical (unpaired) electrons. The van der Waals surface area contributed by atoms with Crippen molar-refractivity contribution in [2.45, 2.75) is 19.4 Å². The van der Waals surface area contributed by atoms with Crippen LogP contribution in [-0.2, 0) is 11.3 Å².